The van der Waals surface area contributed by atoms with E-state index in [4.69, 9.17) is 4.98 Å². The van der Waals surface area contributed by atoms with Crippen molar-refractivity contribution in [2.75, 3.05) is 43.4 Å². The maximum atomic E-state index is 11.5. The van der Waals surface area contributed by atoms with Gasteiger partial charge in [0.05, 0.1) is 6.20 Å². The summed E-state index contributed by atoms with van der Waals surface area (Å²) in [5.41, 5.74) is 4.57. The van der Waals surface area contributed by atoms with Gasteiger partial charge in [-0.2, -0.15) is 5.10 Å². The van der Waals surface area contributed by atoms with Gasteiger partial charge in [-0.3, -0.25) is 14.8 Å². The van der Waals surface area contributed by atoms with Gasteiger partial charge in [0, 0.05) is 52.2 Å². The van der Waals surface area contributed by atoms with Gasteiger partial charge < -0.3 is 15.5 Å². The van der Waals surface area contributed by atoms with E-state index >= 15 is 0 Å². The molecule has 0 saturated carbocycles. The van der Waals surface area contributed by atoms with Crippen molar-refractivity contribution >= 4 is 28.7 Å². The van der Waals surface area contributed by atoms with Crippen LogP contribution in [-0.2, 0) is 17.8 Å². The molecule has 1 amide bonds. The minimum atomic E-state index is 0.144. The third-order valence-corrected chi connectivity index (χ3v) is 6.73. The number of H-pyrrole nitrogens is 1. The number of piperidine rings is 1. The Bertz CT molecular complexity index is 1100. The molecule has 1 saturated heterocycles. The molecule has 3 N–H and O–H groups in total. The summed E-state index contributed by atoms with van der Waals surface area (Å²) in [5.74, 6) is 1.52. The Morgan fingerprint density at radius 2 is 2.00 bits per heavy atom. The maximum Gasteiger partial charge on any atom is 0.223 e. The Balaban J connectivity index is 1.12. The van der Waals surface area contributed by atoms with E-state index in [-0.39, 0.29) is 11.9 Å². The molecule has 174 valence electrons. The number of anilines is 2. The Labute approximate surface area is 194 Å². The zero-order valence-corrected chi connectivity index (χ0v) is 19.2. The lowest BCUT2D eigenvalue weighted by Crippen LogP contribution is -2.41. The van der Waals surface area contributed by atoms with Gasteiger partial charge in [0.15, 0.2) is 5.82 Å². The van der Waals surface area contributed by atoms with Gasteiger partial charge in [0.25, 0.3) is 0 Å². The zero-order chi connectivity index (χ0) is 22.6. The molecule has 2 aromatic heterocycles. The highest BCUT2D eigenvalue weighted by atomic mass is 16.2. The van der Waals surface area contributed by atoms with Crippen LogP contribution in [-0.4, -0.2) is 74.6 Å². The van der Waals surface area contributed by atoms with Gasteiger partial charge in [-0.05, 0) is 36.8 Å². The number of nitrogens with one attached hydrogen (secondary N) is 3. The number of likely N-dealkylation sites (tertiary alicyclic amines) is 1. The zero-order valence-electron chi connectivity index (χ0n) is 19.2. The average molecular weight is 449 g/mol. The molecule has 0 atom stereocenters. The van der Waals surface area contributed by atoms with Crippen molar-refractivity contribution in [2.45, 2.75) is 45.2 Å². The fraction of sp³-hybridized carbons (Fsp3) is 0.500. The second-order valence-electron chi connectivity index (χ2n) is 9.03. The second-order valence-corrected chi connectivity index (χ2v) is 9.03. The number of aromatic nitrogens is 4. The van der Waals surface area contributed by atoms with Crippen molar-refractivity contribution in [2.24, 2.45) is 0 Å². The molecule has 4 heterocycles. The fourth-order valence-corrected chi connectivity index (χ4v) is 4.78. The summed E-state index contributed by atoms with van der Waals surface area (Å²) in [4.78, 5) is 25.1. The third kappa shape index (κ3) is 5.08. The summed E-state index contributed by atoms with van der Waals surface area (Å²) in [5, 5.41) is 14.3. The molecule has 2 aliphatic heterocycles. The van der Waals surface area contributed by atoms with Crippen LogP contribution in [0.25, 0.3) is 11.0 Å². The number of hydrogen-bond donors (Lipinski definition) is 3. The van der Waals surface area contributed by atoms with Gasteiger partial charge in [-0.1, -0.05) is 24.3 Å². The maximum absolute atomic E-state index is 11.5. The van der Waals surface area contributed by atoms with Crippen molar-refractivity contribution in [3.8, 4) is 0 Å². The van der Waals surface area contributed by atoms with E-state index in [1.165, 1.54) is 11.1 Å². The number of hydrogen-bond acceptors (Lipinski definition) is 7. The van der Waals surface area contributed by atoms with E-state index in [0.717, 1.165) is 81.8 Å². The van der Waals surface area contributed by atoms with Crippen molar-refractivity contribution in [1.29, 1.82) is 0 Å². The first-order chi connectivity index (χ1) is 16.2. The smallest absolute Gasteiger partial charge is 0.223 e. The van der Waals surface area contributed by atoms with Crippen LogP contribution >= 0.6 is 0 Å². The first-order valence-corrected chi connectivity index (χ1v) is 11.9. The van der Waals surface area contributed by atoms with Crippen LogP contribution in [0.4, 0.5) is 11.8 Å². The van der Waals surface area contributed by atoms with Gasteiger partial charge in [-0.15, -0.1) is 0 Å². The predicted octanol–water partition coefficient (Wildman–Crippen LogP) is 2.64. The monoisotopic (exact) mass is 448 g/mol. The van der Waals surface area contributed by atoms with Gasteiger partial charge >= 0.3 is 0 Å². The summed E-state index contributed by atoms with van der Waals surface area (Å²) >= 11 is 0. The normalized spacial score (nSPS) is 17.2. The molecule has 0 bridgehead atoms. The summed E-state index contributed by atoms with van der Waals surface area (Å²) in [6.45, 7) is 7.24. The molecule has 0 radical (unpaired) electrons. The highest BCUT2D eigenvalue weighted by Gasteiger charge is 2.21. The molecule has 1 aromatic carbocycles. The van der Waals surface area contributed by atoms with Crippen LogP contribution in [0.2, 0.25) is 0 Å². The number of aromatic amines is 1. The van der Waals surface area contributed by atoms with Crippen LogP contribution in [0.5, 0.6) is 0 Å². The number of benzene rings is 1. The SMILES string of the molecule is CC(=O)N1CCC(Nc2ncc3[nH]nc(NCCCN4CCc5ccccc5C4)c3n2)CC1. The molecule has 0 spiro atoms. The highest BCUT2D eigenvalue weighted by molar-refractivity contribution is 5.85. The lowest BCUT2D eigenvalue weighted by Gasteiger charge is -2.31. The largest absolute Gasteiger partial charge is 0.367 e. The number of rotatable bonds is 7. The van der Waals surface area contributed by atoms with Crippen LogP contribution < -0.4 is 10.6 Å². The average Bonchev–Trinajstić information content (AvgIpc) is 3.24. The molecule has 0 unspecified atom stereocenters. The van der Waals surface area contributed by atoms with Gasteiger partial charge in [0.1, 0.15) is 11.0 Å². The van der Waals surface area contributed by atoms with E-state index in [1.807, 2.05) is 4.90 Å². The molecule has 2 aliphatic rings. The molecule has 5 rings (SSSR count). The molecule has 1 fully saturated rings. The lowest BCUT2D eigenvalue weighted by molar-refractivity contribution is -0.129. The topological polar surface area (TPSA) is 102 Å². The number of carbonyl (C=O) groups is 1. The van der Waals surface area contributed by atoms with Crippen LogP contribution in [0, 0.1) is 0 Å². The molecular weight excluding hydrogens is 416 g/mol. The first kappa shape index (κ1) is 21.6. The summed E-state index contributed by atoms with van der Waals surface area (Å²) < 4.78 is 0. The predicted molar refractivity (Wildman–Crippen MR) is 129 cm³/mol. The summed E-state index contributed by atoms with van der Waals surface area (Å²) in [6, 6.07) is 9.03. The third-order valence-electron chi connectivity index (χ3n) is 6.73. The Morgan fingerprint density at radius 3 is 2.82 bits per heavy atom. The second kappa shape index (κ2) is 9.74. The van der Waals surface area contributed by atoms with E-state index in [1.54, 1.807) is 13.1 Å². The minimum absolute atomic E-state index is 0.144. The molecular formula is C24H32N8O. The Kier molecular flexibility index (Phi) is 6.39. The van der Waals surface area contributed by atoms with E-state index in [0.29, 0.717) is 5.95 Å². The first-order valence-electron chi connectivity index (χ1n) is 11.9. The van der Waals surface area contributed by atoms with Crippen molar-refractivity contribution in [1.82, 2.24) is 30.0 Å². The van der Waals surface area contributed by atoms with E-state index in [2.05, 4.69) is 55.0 Å². The van der Waals surface area contributed by atoms with E-state index in [9.17, 15) is 4.79 Å². The summed E-state index contributed by atoms with van der Waals surface area (Å²) in [7, 11) is 0. The van der Waals surface area contributed by atoms with Crippen molar-refractivity contribution < 1.29 is 4.79 Å². The minimum Gasteiger partial charge on any atom is -0.367 e. The molecule has 33 heavy (non-hydrogen) atoms. The van der Waals surface area contributed by atoms with Gasteiger partial charge in [-0.25, -0.2) is 9.97 Å². The highest BCUT2D eigenvalue weighted by Crippen LogP contribution is 2.21. The lowest BCUT2D eigenvalue weighted by atomic mass is 10.00. The van der Waals surface area contributed by atoms with Gasteiger partial charge in [0.2, 0.25) is 11.9 Å². The Hall–Kier alpha value is -3.20. The number of carbonyl (C=O) groups excluding carboxylic acids is 1. The summed E-state index contributed by atoms with van der Waals surface area (Å²) in [6.07, 6.45) is 5.76. The standard InChI is InChI=1S/C24H32N8O/c1-17(33)32-13-8-20(9-14-32)27-24-26-15-21-22(28-24)23(30-29-21)25-10-4-11-31-12-7-18-5-2-3-6-19(18)16-31/h2-3,5-6,15,20H,4,7-14,16H2,1H3,(H2,25,29,30)(H,26,27,28). The molecule has 9 nitrogen and oxygen atoms in total. The molecule has 9 heteroatoms. The molecule has 3 aromatic rings. The van der Waals surface area contributed by atoms with Crippen molar-refractivity contribution in [3.63, 3.8) is 0 Å². The number of amides is 1. The quantitative estimate of drug-likeness (QED) is 0.478. The van der Waals surface area contributed by atoms with Crippen LogP contribution in [0.1, 0.15) is 37.3 Å². The number of fused-ring (bicyclic) bond motifs is 2. The van der Waals surface area contributed by atoms with Crippen LogP contribution in [0.15, 0.2) is 30.5 Å². The van der Waals surface area contributed by atoms with Crippen LogP contribution in [0.3, 0.4) is 0 Å². The van der Waals surface area contributed by atoms with E-state index < -0.39 is 0 Å². The molecule has 0 aliphatic carbocycles. The van der Waals surface area contributed by atoms with Crippen molar-refractivity contribution in [3.05, 3.63) is 41.6 Å². The Morgan fingerprint density at radius 1 is 1.18 bits per heavy atom. The number of nitrogens with zero attached hydrogens (tertiary/aromatic N) is 5. The fourth-order valence-electron chi connectivity index (χ4n) is 4.78.